The second kappa shape index (κ2) is 5.60. The number of likely N-dealkylation sites (tertiary alicyclic amines) is 1. The van der Waals surface area contributed by atoms with Gasteiger partial charge in [-0.3, -0.25) is 4.79 Å². The summed E-state index contributed by atoms with van der Waals surface area (Å²) in [5, 5.41) is 0.319. The Morgan fingerprint density at radius 1 is 1.30 bits per heavy atom. The fraction of sp³-hybridized carbons (Fsp3) is 0.600. The monoisotopic (exact) mass is 293 g/mol. The van der Waals surface area contributed by atoms with Gasteiger partial charge in [-0.05, 0) is 37.7 Å². The van der Waals surface area contributed by atoms with Crippen LogP contribution in [-0.2, 0) is 0 Å². The molecular weight excluding hydrogens is 274 g/mol. The number of carbonyl (C=O) groups excluding carboxylic acids is 1. The van der Waals surface area contributed by atoms with Crippen LogP contribution in [0.2, 0.25) is 5.15 Å². The molecule has 2 fully saturated rings. The molecule has 2 N–H and O–H groups in total. The van der Waals surface area contributed by atoms with Gasteiger partial charge in [0.15, 0.2) is 0 Å². The summed E-state index contributed by atoms with van der Waals surface area (Å²) in [5.41, 5.74) is 6.81. The normalized spacial score (nSPS) is 26.1. The molecule has 1 saturated heterocycles. The molecule has 1 amide bonds. The van der Waals surface area contributed by atoms with Gasteiger partial charge in [0.05, 0.1) is 17.4 Å². The molecule has 2 aliphatic rings. The van der Waals surface area contributed by atoms with Crippen LogP contribution in [0, 0.1) is 5.92 Å². The number of fused-ring (bicyclic) bond motifs is 1. The molecule has 2 heterocycles. The topological polar surface area (TPSA) is 59.2 Å². The standard InChI is InChI=1S/C15H20ClN3O/c16-14-8-11(12(17)9-18-14)15(20)19-7-3-5-10-4-1-2-6-13(10)19/h8-10,13H,1-7,17H2/t10-,13-/m1/s1. The van der Waals surface area contributed by atoms with Crippen LogP contribution in [0.25, 0.3) is 0 Å². The van der Waals surface area contributed by atoms with Gasteiger partial charge in [0.25, 0.3) is 5.91 Å². The van der Waals surface area contributed by atoms with Crippen LogP contribution in [0.3, 0.4) is 0 Å². The largest absolute Gasteiger partial charge is 0.397 e. The van der Waals surface area contributed by atoms with Crippen molar-refractivity contribution in [2.24, 2.45) is 5.92 Å². The van der Waals surface area contributed by atoms with E-state index in [1.165, 1.54) is 31.9 Å². The minimum absolute atomic E-state index is 0.0170. The first-order valence-corrected chi connectivity index (χ1v) is 7.76. The van der Waals surface area contributed by atoms with Crippen molar-refractivity contribution in [3.8, 4) is 0 Å². The zero-order valence-corrected chi connectivity index (χ0v) is 12.3. The van der Waals surface area contributed by atoms with Gasteiger partial charge < -0.3 is 10.6 Å². The average molecular weight is 294 g/mol. The maximum atomic E-state index is 12.8. The maximum Gasteiger partial charge on any atom is 0.256 e. The SMILES string of the molecule is Nc1cnc(Cl)cc1C(=O)N1CCC[C@H]2CCCC[C@H]21. The number of nitrogen functional groups attached to an aromatic ring is 1. The summed E-state index contributed by atoms with van der Waals surface area (Å²) in [4.78, 5) is 18.7. The summed E-state index contributed by atoms with van der Waals surface area (Å²) in [6.07, 6.45) is 8.70. The number of hydrogen-bond donors (Lipinski definition) is 1. The molecule has 108 valence electrons. The molecular formula is C15H20ClN3O. The van der Waals surface area contributed by atoms with Gasteiger partial charge in [0.1, 0.15) is 5.15 Å². The van der Waals surface area contributed by atoms with Crippen molar-refractivity contribution >= 4 is 23.2 Å². The van der Waals surface area contributed by atoms with Crippen LogP contribution in [0.4, 0.5) is 5.69 Å². The lowest BCUT2D eigenvalue weighted by atomic mass is 9.78. The van der Waals surface area contributed by atoms with Crippen molar-refractivity contribution in [1.82, 2.24) is 9.88 Å². The van der Waals surface area contributed by atoms with Gasteiger partial charge in [0.2, 0.25) is 0 Å². The van der Waals surface area contributed by atoms with Crippen molar-refractivity contribution in [2.45, 2.75) is 44.6 Å². The van der Waals surface area contributed by atoms with E-state index in [1.54, 1.807) is 6.07 Å². The highest BCUT2D eigenvalue weighted by Gasteiger charge is 2.36. The van der Waals surface area contributed by atoms with E-state index in [1.807, 2.05) is 4.90 Å². The van der Waals surface area contributed by atoms with E-state index in [0.29, 0.717) is 28.4 Å². The minimum Gasteiger partial charge on any atom is -0.397 e. The number of rotatable bonds is 1. The Morgan fingerprint density at radius 3 is 2.90 bits per heavy atom. The Balaban J connectivity index is 1.87. The van der Waals surface area contributed by atoms with E-state index in [-0.39, 0.29) is 5.91 Å². The molecule has 1 aromatic heterocycles. The molecule has 0 unspecified atom stereocenters. The molecule has 4 nitrogen and oxygen atoms in total. The highest BCUT2D eigenvalue weighted by Crippen LogP contribution is 2.36. The highest BCUT2D eigenvalue weighted by atomic mass is 35.5. The van der Waals surface area contributed by atoms with Crippen LogP contribution in [0.15, 0.2) is 12.3 Å². The number of nitrogens with zero attached hydrogens (tertiary/aromatic N) is 2. The van der Waals surface area contributed by atoms with Gasteiger partial charge in [0, 0.05) is 12.6 Å². The molecule has 5 heteroatoms. The zero-order chi connectivity index (χ0) is 14.1. The number of aromatic nitrogens is 1. The third kappa shape index (κ3) is 2.49. The molecule has 0 aromatic carbocycles. The van der Waals surface area contributed by atoms with E-state index < -0.39 is 0 Å². The van der Waals surface area contributed by atoms with Crippen molar-refractivity contribution in [3.63, 3.8) is 0 Å². The molecule has 0 spiro atoms. The predicted octanol–water partition coefficient (Wildman–Crippen LogP) is 3.11. The molecule has 1 aliphatic carbocycles. The van der Waals surface area contributed by atoms with Crippen molar-refractivity contribution in [2.75, 3.05) is 12.3 Å². The van der Waals surface area contributed by atoms with Gasteiger partial charge >= 0.3 is 0 Å². The lowest BCUT2D eigenvalue weighted by molar-refractivity contribution is 0.0391. The van der Waals surface area contributed by atoms with Gasteiger partial charge in [-0.2, -0.15) is 0 Å². The quantitative estimate of drug-likeness (QED) is 0.809. The van der Waals surface area contributed by atoms with E-state index in [2.05, 4.69) is 4.98 Å². The smallest absolute Gasteiger partial charge is 0.256 e. The molecule has 20 heavy (non-hydrogen) atoms. The summed E-state index contributed by atoms with van der Waals surface area (Å²) in [6.45, 7) is 0.833. The number of nitrogens with two attached hydrogens (primary N) is 1. The van der Waals surface area contributed by atoms with Crippen molar-refractivity contribution in [3.05, 3.63) is 23.0 Å². The lowest BCUT2D eigenvalue weighted by Gasteiger charge is -2.44. The second-order valence-corrected chi connectivity index (χ2v) is 6.23. The zero-order valence-electron chi connectivity index (χ0n) is 11.5. The first-order chi connectivity index (χ1) is 9.66. The maximum absolute atomic E-state index is 12.8. The fourth-order valence-corrected chi connectivity index (χ4v) is 3.82. The van der Waals surface area contributed by atoms with E-state index in [0.717, 1.165) is 19.4 Å². The average Bonchev–Trinajstić information content (AvgIpc) is 2.48. The molecule has 0 radical (unpaired) electrons. The fourth-order valence-electron chi connectivity index (χ4n) is 3.66. The molecule has 2 atom stereocenters. The number of hydrogen-bond acceptors (Lipinski definition) is 3. The first kappa shape index (κ1) is 13.7. The summed E-state index contributed by atoms with van der Waals surface area (Å²) in [6, 6.07) is 1.97. The Labute approximate surface area is 124 Å². The van der Waals surface area contributed by atoms with E-state index in [9.17, 15) is 4.79 Å². The number of carbonyl (C=O) groups is 1. The molecule has 1 saturated carbocycles. The number of pyridine rings is 1. The van der Waals surface area contributed by atoms with Crippen LogP contribution in [-0.4, -0.2) is 28.4 Å². The van der Waals surface area contributed by atoms with Gasteiger partial charge in [-0.1, -0.05) is 24.4 Å². The number of piperidine rings is 1. The number of anilines is 1. The Hall–Kier alpha value is -1.29. The third-order valence-electron chi connectivity index (χ3n) is 4.64. The minimum atomic E-state index is 0.0170. The highest BCUT2D eigenvalue weighted by molar-refractivity contribution is 6.29. The number of halogens is 1. The lowest BCUT2D eigenvalue weighted by Crippen LogP contribution is -2.49. The first-order valence-electron chi connectivity index (χ1n) is 7.39. The summed E-state index contributed by atoms with van der Waals surface area (Å²) in [5.74, 6) is 0.684. The van der Waals surface area contributed by atoms with Crippen molar-refractivity contribution in [1.29, 1.82) is 0 Å². The number of amides is 1. The summed E-state index contributed by atoms with van der Waals surface area (Å²) >= 11 is 5.90. The predicted molar refractivity (Wildman–Crippen MR) is 79.7 cm³/mol. The third-order valence-corrected chi connectivity index (χ3v) is 4.84. The van der Waals surface area contributed by atoms with Crippen molar-refractivity contribution < 1.29 is 4.79 Å². The van der Waals surface area contributed by atoms with Crippen LogP contribution in [0.5, 0.6) is 0 Å². The van der Waals surface area contributed by atoms with Gasteiger partial charge in [-0.15, -0.1) is 0 Å². The summed E-state index contributed by atoms with van der Waals surface area (Å²) in [7, 11) is 0. The van der Waals surface area contributed by atoms with E-state index in [4.69, 9.17) is 17.3 Å². The second-order valence-electron chi connectivity index (χ2n) is 5.85. The van der Waals surface area contributed by atoms with Crippen LogP contribution >= 0.6 is 11.6 Å². The Morgan fingerprint density at radius 2 is 2.05 bits per heavy atom. The summed E-state index contributed by atoms with van der Waals surface area (Å²) < 4.78 is 0. The Kier molecular flexibility index (Phi) is 3.83. The molecule has 3 rings (SSSR count). The van der Waals surface area contributed by atoms with Crippen LogP contribution in [0.1, 0.15) is 48.9 Å². The van der Waals surface area contributed by atoms with Crippen LogP contribution < -0.4 is 5.73 Å². The Bertz CT molecular complexity index is 518. The molecule has 1 aliphatic heterocycles. The molecule has 1 aromatic rings. The van der Waals surface area contributed by atoms with Gasteiger partial charge in [-0.25, -0.2) is 4.98 Å². The molecule has 0 bridgehead atoms. The van der Waals surface area contributed by atoms with E-state index >= 15 is 0 Å².